The zero-order chi connectivity index (χ0) is 16.2. The Balaban J connectivity index is 1.70. The number of benzene rings is 2. The van der Waals surface area contributed by atoms with Crippen molar-refractivity contribution in [3.05, 3.63) is 75.2 Å². The van der Waals surface area contributed by atoms with Gasteiger partial charge < -0.3 is 5.32 Å². The van der Waals surface area contributed by atoms with Crippen molar-refractivity contribution in [1.29, 1.82) is 0 Å². The minimum Gasteiger partial charge on any atom is -0.347 e. The fourth-order valence-corrected chi connectivity index (χ4v) is 3.43. The van der Waals surface area contributed by atoms with E-state index in [2.05, 4.69) is 26.2 Å². The second-order valence-corrected chi connectivity index (χ2v) is 7.08. The van der Waals surface area contributed by atoms with Crippen LogP contribution in [0.4, 0.5) is 0 Å². The van der Waals surface area contributed by atoms with Crippen LogP contribution in [-0.4, -0.2) is 10.9 Å². The second kappa shape index (κ2) is 7.06. The molecule has 23 heavy (non-hydrogen) atoms. The van der Waals surface area contributed by atoms with Gasteiger partial charge in [0.2, 0.25) is 0 Å². The summed E-state index contributed by atoms with van der Waals surface area (Å²) in [7, 11) is 0. The molecule has 0 saturated heterocycles. The van der Waals surface area contributed by atoms with Gasteiger partial charge in [-0.25, -0.2) is 4.98 Å². The van der Waals surface area contributed by atoms with E-state index in [4.69, 9.17) is 0 Å². The minimum absolute atomic E-state index is 0.0773. The highest BCUT2D eigenvalue weighted by Crippen LogP contribution is 2.27. The van der Waals surface area contributed by atoms with E-state index in [0.717, 1.165) is 25.6 Å². The maximum atomic E-state index is 12.2. The molecule has 0 fully saturated rings. The van der Waals surface area contributed by atoms with Crippen LogP contribution in [-0.2, 0) is 6.54 Å². The summed E-state index contributed by atoms with van der Waals surface area (Å²) < 4.78 is 0.958. The van der Waals surface area contributed by atoms with Gasteiger partial charge in [-0.1, -0.05) is 46.3 Å². The highest BCUT2D eigenvalue weighted by Gasteiger charge is 2.11. The summed E-state index contributed by atoms with van der Waals surface area (Å²) in [6, 6.07) is 17.4. The van der Waals surface area contributed by atoms with Crippen LogP contribution in [0.15, 0.2) is 59.1 Å². The fourth-order valence-electron chi connectivity index (χ4n) is 2.16. The summed E-state index contributed by atoms with van der Waals surface area (Å²) in [5.74, 6) is -0.0773. The van der Waals surface area contributed by atoms with Crippen LogP contribution >= 0.6 is 27.3 Å². The number of hydrogen-bond donors (Lipinski definition) is 1. The summed E-state index contributed by atoms with van der Waals surface area (Å²) in [5.41, 5.74) is 2.72. The summed E-state index contributed by atoms with van der Waals surface area (Å²) in [6.45, 7) is 2.47. The Morgan fingerprint density at radius 3 is 2.52 bits per heavy atom. The number of carbonyl (C=O) groups is 1. The van der Waals surface area contributed by atoms with Gasteiger partial charge in [-0.15, -0.1) is 11.3 Å². The highest BCUT2D eigenvalue weighted by atomic mass is 79.9. The number of halogens is 1. The lowest BCUT2D eigenvalue weighted by molar-refractivity contribution is 0.0951. The number of aryl methyl sites for hydroxylation is 1. The van der Waals surface area contributed by atoms with Crippen LogP contribution in [0.3, 0.4) is 0 Å². The molecule has 1 amide bonds. The molecule has 0 aliphatic heterocycles. The van der Waals surface area contributed by atoms with Crippen LogP contribution < -0.4 is 5.32 Å². The molecule has 3 nitrogen and oxygen atoms in total. The van der Waals surface area contributed by atoms with Crippen LogP contribution in [0.2, 0.25) is 0 Å². The zero-order valence-electron chi connectivity index (χ0n) is 12.5. The second-order valence-electron chi connectivity index (χ2n) is 5.08. The quantitative estimate of drug-likeness (QED) is 0.698. The molecule has 0 atom stereocenters. The largest absolute Gasteiger partial charge is 0.347 e. The number of rotatable bonds is 4. The Kier molecular flexibility index (Phi) is 4.88. The fraction of sp³-hybridized carbons (Fsp3) is 0.111. The molecule has 0 aliphatic carbocycles. The topological polar surface area (TPSA) is 42.0 Å². The lowest BCUT2D eigenvalue weighted by atomic mass is 10.2. The Bertz CT molecular complexity index is 813. The Hall–Kier alpha value is -1.98. The number of hydrogen-bond acceptors (Lipinski definition) is 3. The maximum Gasteiger partial charge on any atom is 0.251 e. The predicted octanol–water partition coefficient (Wildman–Crippen LogP) is 4.81. The van der Waals surface area contributed by atoms with Crippen LogP contribution in [0.5, 0.6) is 0 Å². The van der Waals surface area contributed by atoms with Gasteiger partial charge in [-0.2, -0.15) is 0 Å². The third-order valence-corrected chi connectivity index (χ3v) is 5.16. The molecule has 1 N–H and O–H groups in total. The lowest BCUT2D eigenvalue weighted by Gasteiger charge is -2.04. The van der Waals surface area contributed by atoms with Crippen LogP contribution in [0.1, 0.15) is 20.9 Å². The minimum atomic E-state index is -0.0773. The molecule has 0 spiro atoms. The van der Waals surface area contributed by atoms with Gasteiger partial charge >= 0.3 is 0 Å². The smallest absolute Gasteiger partial charge is 0.251 e. The third-order valence-electron chi connectivity index (χ3n) is 3.43. The van der Waals surface area contributed by atoms with Gasteiger partial charge in [0.1, 0.15) is 5.01 Å². The first-order valence-corrected chi connectivity index (χ1v) is 8.80. The molecular weight excluding hydrogens is 372 g/mol. The molecule has 0 bridgehead atoms. The normalized spacial score (nSPS) is 10.5. The predicted molar refractivity (Wildman–Crippen MR) is 97.6 cm³/mol. The van der Waals surface area contributed by atoms with Gasteiger partial charge in [0.15, 0.2) is 0 Å². The number of nitrogens with zero attached hydrogens (tertiary/aromatic N) is 1. The molecule has 116 valence electrons. The van der Waals surface area contributed by atoms with Gasteiger partial charge in [-0.3, -0.25) is 4.79 Å². The van der Waals surface area contributed by atoms with Crippen molar-refractivity contribution in [2.24, 2.45) is 0 Å². The lowest BCUT2D eigenvalue weighted by Crippen LogP contribution is -2.22. The summed E-state index contributed by atoms with van der Waals surface area (Å²) in [5, 5.41) is 3.94. The van der Waals surface area contributed by atoms with E-state index in [9.17, 15) is 4.79 Å². The van der Waals surface area contributed by atoms with E-state index in [1.165, 1.54) is 0 Å². The molecule has 2 aromatic carbocycles. The average molecular weight is 387 g/mol. The zero-order valence-corrected chi connectivity index (χ0v) is 14.9. The van der Waals surface area contributed by atoms with Crippen molar-refractivity contribution >= 4 is 33.2 Å². The molecule has 3 aromatic rings. The molecule has 0 aliphatic rings. The van der Waals surface area contributed by atoms with Gasteiger partial charge in [0.25, 0.3) is 5.91 Å². The van der Waals surface area contributed by atoms with E-state index in [1.807, 2.05) is 49.4 Å². The Labute approximate surface area is 147 Å². The van der Waals surface area contributed by atoms with Gasteiger partial charge in [0, 0.05) is 20.5 Å². The van der Waals surface area contributed by atoms with E-state index in [0.29, 0.717) is 12.1 Å². The van der Waals surface area contributed by atoms with Crippen LogP contribution in [0, 0.1) is 6.92 Å². The van der Waals surface area contributed by atoms with Gasteiger partial charge in [0.05, 0.1) is 12.2 Å². The average Bonchev–Trinajstić information content (AvgIpc) is 2.95. The number of nitrogens with one attached hydrogen (secondary N) is 1. The third kappa shape index (κ3) is 3.86. The van der Waals surface area contributed by atoms with Crippen molar-refractivity contribution in [1.82, 2.24) is 10.3 Å². The van der Waals surface area contributed by atoms with Crippen molar-refractivity contribution in [3.8, 4) is 10.6 Å². The maximum absolute atomic E-state index is 12.2. The molecule has 0 radical (unpaired) electrons. The Morgan fingerprint density at radius 1 is 1.13 bits per heavy atom. The molecule has 0 saturated carbocycles. The van der Waals surface area contributed by atoms with Crippen molar-refractivity contribution in [2.45, 2.75) is 13.5 Å². The first-order valence-electron chi connectivity index (χ1n) is 7.19. The van der Waals surface area contributed by atoms with E-state index in [1.54, 1.807) is 23.5 Å². The summed E-state index contributed by atoms with van der Waals surface area (Å²) in [4.78, 5) is 17.9. The first-order chi connectivity index (χ1) is 11.1. The van der Waals surface area contributed by atoms with Crippen molar-refractivity contribution in [3.63, 3.8) is 0 Å². The molecule has 5 heteroatoms. The van der Waals surface area contributed by atoms with Crippen molar-refractivity contribution < 1.29 is 4.79 Å². The monoisotopic (exact) mass is 386 g/mol. The molecule has 0 unspecified atom stereocenters. The number of carbonyl (C=O) groups excluding carboxylic acids is 1. The number of amides is 1. The van der Waals surface area contributed by atoms with Crippen molar-refractivity contribution in [2.75, 3.05) is 0 Å². The SMILES string of the molecule is Cc1nc(-c2ccccc2)sc1CNC(=O)c1ccc(Br)cc1. The van der Waals surface area contributed by atoms with E-state index < -0.39 is 0 Å². The molecular formula is C18H15BrN2OS. The standard InChI is InChI=1S/C18H15BrN2OS/c1-12-16(23-18(21-12)14-5-3-2-4-6-14)11-20-17(22)13-7-9-15(19)10-8-13/h2-10H,11H2,1H3,(H,20,22). The van der Waals surface area contributed by atoms with Gasteiger partial charge in [-0.05, 0) is 31.2 Å². The van der Waals surface area contributed by atoms with Crippen LogP contribution in [0.25, 0.3) is 10.6 Å². The first kappa shape index (κ1) is 15.9. The molecule has 1 aromatic heterocycles. The summed E-state index contributed by atoms with van der Waals surface area (Å²) in [6.07, 6.45) is 0. The van der Waals surface area contributed by atoms with E-state index >= 15 is 0 Å². The highest BCUT2D eigenvalue weighted by molar-refractivity contribution is 9.10. The molecule has 1 heterocycles. The summed E-state index contributed by atoms with van der Waals surface area (Å²) >= 11 is 4.99. The number of aromatic nitrogens is 1. The Morgan fingerprint density at radius 2 is 1.83 bits per heavy atom. The van der Waals surface area contributed by atoms with E-state index in [-0.39, 0.29) is 5.91 Å². The molecule has 3 rings (SSSR count). The number of thiazole rings is 1.